The molecule has 0 radical (unpaired) electrons. The van der Waals surface area contributed by atoms with Crippen LogP contribution in [0.4, 0.5) is 0 Å². The van der Waals surface area contributed by atoms with Crippen LogP contribution in [0.25, 0.3) is 110 Å². The van der Waals surface area contributed by atoms with Gasteiger partial charge in [0, 0.05) is 21.9 Å². The molecular formula is C53H33NO. The summed E-state index contributed by atoms with van der Waals surface area (Å²) in [6, 6.07) is 71.5. The smallest absolute Gasteiger partial charge is 0.136 e. The number of benzene rings is 9. The van der Waals surface area contributed by atoms with Gasteiger partial charge in [-0.05, 0) is 102 Å². The minimum absolute atomic E-state index is 0.871. The zero-order valence-corrected chi connectivity index (χ0v) is 29.9. The molecule has 0 spiro atoms. The van der Waals surface area contributed by atoms with Crippen LogP contribution in [0.1, 0.15) is 0 Å². The van der Waals surface area contributed by atoms with E-state index in [9.17, 15) is 0 Å². The Labute approximate surface area is 318 Å². The predicted molar refractivity (Wildman–Crippen MR) is 231 cm³/mol. The first-order valence-electron chi connectivity index (χ1n) is 18.8. The molecule has 2 heteroatoms. The maximum absolute atomic E-state index is 6.49. The lowest BCUT2D eigenvalue weighted by atomic mass is 9.91. The summed E-state index contributed by atoms with van der Waals surface area (Å²) < 4.78 is 6.49. The maximum Gasteiger partial charge on any atom is 0.136 e. The van der Waals surface area contributed by atoms with Crippen LogP contribution < -0.4 is 0 Å². The molecule has 0 amide bonds. The lowest BCUT2D eigenvalue weighted by molar-refractivity contribution is 0.669. The van der Waals surface area contributed by atoms with Gasteiger partial charge < -0.3 is 4.42 Å². The van der Waals surface area contributed by atoms with Crippen molar-refractivity contribution in [2.75, 3.05) is 0 Å². The van der Waals surface area contributed by atoms with Crippen molar-refractivity contribution in [3.8, 4) is 55.9 Å². The number of hydrogen-bond acceptors (Lipinski definition) is 2. The summed E-state index contributed by atoms with van der Waals surface area (Å²) in [5.41, 5.74) is 12.7. The van der Waals surface area contributed by atoms with Crippen molar-refractivity contribution in [1.29, 1.82) is 0 Å². The molecule has 0 aliphatic rings. The number of pyridine rings is 1. The first-order valence-corrected chi connectivity index (χ1v) is 18.8. The van der Waals surface area contributed by atoms with E-state index in [1.807, 2.05) is 12.1 Å². The highest BCUT2D eigenvalue weighted by atomic mass is 16.3. The molecule has 0 N–H and O–H groups in total. The van der Waals surface area contributed by atoms with Crippen LogP contribution in [0.3, 0.4) is 0 Å². The zero-order valence-electron chi connectivity index (χ0n) is 29.9. The summed E-state index contributed by atoms with van der Waals surface area (Å²) in [6.07, 6.45) is 0. The third kappa shape index (κ3) is 5.30. The van der Waals surface area contributed by atoms with Gasteiger partial charge in [0.1, 0.15) is 11.2 Å². The summed E-state index contributed by atoms with van der Waals surface area (Å²) in [6.45, 7) is 0. The van der Waals surface area contributed by atoms with Crippen LogP contribution in [0.2, 0.25) is 0 Å². The second kappa shape index (κ2) is 12.7. The summed E-state index contributed by atoms with van der Waals surface area (Å²) in [4.78, 5) is 5.13. The highest BCUT2D eigenvalue weighted by Crippen LogP contribution is 2.41. The summed E-state index contributed by atoms with van der Waals surface area (Å²) in [5.74, 6) is 0. The average Bonchev–Trinajstić information content (AvgIpc) is 3.65. The molecule has 0 fully saturated rings. The van der Waals surface area contributed by atoms with Crippen LogP contribution >= 0.6 is 0 Å². The van der Waals surface area contributed by atoms with Crippen LogP contribution in [0, 0.1) is 0 Å². The van der Waals surface area contributed by atoms with Gasteiger partial charge in [-0.3, -0.25) is 0 Å². The Bertz CT molecular complexity index is 3140. The van der Waals surface area contributed by atoms with E-state index in [0.717, 1.165) is 66.7 Å². The Hall–Kier alpha value is -7.29. The van der Waals surface area contributed by atoms with Crippen molar-refractivity contribution in [2.45, 2.75) is 0 Å². The highest BCUT2D eigenvalue weighted by Gasteiger charge is 2.17. The topological polar surface area (TPSA) is 26.0 Å². The minimum atomic E-state index is 0.871. The molecule has 0 saturated carbocycles. The molecule has 0 atom stereocenters. The van der Waals surface area contributed by atoms with Crippen molar-refractivity contribution in [1.82, 2.24) is 4.98 Å². The van der Waals surface area contributed by atoms with E-state index in [0.29, 0.717) is 0 Å². The van der Waals surface area contributed by atoms with E-state index in [1.165, 1.54) is 43.4 Å². The van der Waals surface area contributed by atoms with Gasteiger partial charge in [-0.25, -0.2) is 4.98 Å². The van der Waals surface area contributed by atoms with E-state index in [4.69, 9.17) is 9.40 Å². The van der Waals surface area contributed by atoms with Crippen molar-refractivity contribution >= 4 is 54.3 Å². The fourth-order valence-electron chi connectivity index (χ4n) is 8.39. The third-order valence-corrected chi connectivity index (χ3v) is 11.1. The van der Waals surface area contributed by atoms with Gasteiger partial charge in [0.25, 0.3) is 0 Å². The number of nitrogens with zero attached hydrogens (tertiary/aromatic N) is 1. The molecule has 0 saturated heterocycles. The lowest BCUT2D eigenvalue weighted by Gasteiger charge is -2.12. The number of fused-ring (bicyclic) bond motifs is 9. The van der Waals surface area contributed by atoms with Crippen molar-refractivity contribution in [3.05, 3.63) is 200 Å². The van der Waals surface area contributed by atoms with E-state index in [-0.39, 0.29) is 0 Å². The van der Waals surface area contributed by atoms with Crippen LogP contribution in [-0.2, 0) is 0 Å². The molecule has 11 aromatic rings. The monoisotopic (exact) mass is 699 g/mol. The number of aromatic nitrogens is 1. The Kier molecular flexibility index (Phi) is 7.21. The Morgan fingerprint density at radius 1 is 0.273 bits per heavy atom. The summed E-state index contributed by atoms with van der Waals surface area (Å²) in [7, 11) is 0. The minimum Gasteiger partial charge on any atom is -0.456 e. The molecule has 0 bridgehead atoms. The second-order valence-corrected chi connectivity index (χ2v) is 14.3. The van der Waals surface area contributed by atoms with Crippen LogP contribution in [0.15, 0.2) is 205 Å². The van der Waals surface area contributed by atoms with Gasteiger partial charge in [-0.2, -0.15) is 0 Å². The summed E-state index contributed by atoms with van der Waals surface area (Å²) >= 11 is 0. The van der Waals surface area contributed by atoms with Gasteiger partial charge in [0.05, 0.1) is 11.4 Å². The van der Waals surface area contributed by atoms with Gasteiger partial charge >= 0.3 is 0 Å². The zero-order chi connectivity index (χ0) is 36.3. The van der Waals surface area contributed by atoms with Crippen molar-refractivity contribution in [3.63, 3.8) is 0 Å². The standard InChI is InChI=1S/C53H33NO/c1-3-12-36(13-4-1)49-32-40(33-50(54-49)37-14-5-2-6-15-37)41-20-11-21-52-53(41)48-31-39(27-29-51(48)55-52)35-24-22-34(23-25-35)38-26-28-46-44-18-8-7-16-42(44)43-17-9-10-19-45(43)47(46)30-38/h1-33H. The molecule has 0 unspecified atom stereocenters. The van der Waals surface area contributed by atoms with E-state index in [2.05, 4.69) is 188 Å². The Morgan fingerprint density at radius 3 is 1.33 bits per heavy atom. The SMILES string of the molecule is c1ccc(-c2cc(-c3cccc4oc5ccc(-c6ccc(-c7ccc8c9ccccc9c9ccccc9c8c7)cc6)cc5c34)cc(-c3ccccc3)n2)cc1. The molecule has 0 aliphatic heterocycles. The van der Waals surface area contributed by atoms with Crippen molar-refractivity contribution < 1.29 is 4.42 Å². The second-order valence-electron chi connectivity index (χ2n) is 14.3. The third-order valence-electron chi connectivity index (χ3n) is 11.1. The highest BCUT2D eigenvalue weighted by molar-refractivity contribution is 6.25. The van der Waals surface area contributed by atoms with Gasteiger partial charge in [-0.15, -0.1) is 0 Å². The molecule has 9 aromatic carbocycles. The van der Waals surface area contributed by atoms with Gasteiger partial charge in [-0.1, -0.05) is 164 Å². The van der Waals surface area contributed by atoms with E-state index in [1.54, 1.807) is 0 Å². The molecule has 2 aromatic heterocycles. The fraction of sp³-hybridized carbons (Fsp3) is 0. The maximum atomic E-state index is 6.49. The summed E-state index contributed by atoms with van der Waals surface area (Å²) in [5, 5.41) is 9.94. The van der Waals surface area contributed by atoms with Crippen molar-refractivity contribution in [2.24, 2.45) is 0 Å². The molecular weight excluding hydrogens is 667 g/mol. The molecule has 55 heavy (non-hydrogen) atoms. The largest absolute Gasteiger partial charge is 0.456 e. The van der Waals surface area contributed by atoms with Crippen LogP contribution in [0.5, 0.6) is 0 Å². The molecule has 256 valence electrons. The van der Waals surface area contributed by atoms with Gasteiger partial charge in [0.15, 0.2) is 0 Å². The van der Waals surface area contributed by atoms with Crippen LogP contribution in [-0.4, -0.2) is 4.98 Å². The van der Waals surface area contributed by atoms with E-state index >= 15 is 0 Å². The Balaban J connectivity index is 1.01. The number of furan rings is 1. The van der Waals surface area contributed by atoms with Gasteiger partial charge in [0.2, 0.25) is 0 Å². The average molecular weight is 700 g/mol. The molecule has 11 rings (SSSR count). The normalized spacial score (nSPS) is 11.6. The molecule has 2 nitrogen and oxygen atoms in total. The lowest BCUT2D eigenvalue weighted by Crippen LogP contribution is -1.91. The number of rotatable bonds is 5. The first-order chi connectivity index (χ1) is 27.2. The first kappa shape index (κ1) is 31.3. The molecule has 2 heterocycles. The predicted octanol–water partition coefficient (Wildman–Crippen LogP) is 14.8. The fourth-order valence-corrected chi connectivity index (χ4v) is 8.39. The Morgan fingerprint density at radius 2 is 0.745 bits per heavy atom. The van der Waals surface area contributed by atoms with E-state index < -0.39 is 0 Å². The quantitative estimate of drug-likeness (QED) is 0.167. The number of hydrogen-bond donors (Lipinski definition) is 0. The molecule has 0 aliphatic carbocycles.